The maximum absolute atomic E-state index is 12.8. The lowest BCUT2D eigenvalue weighted by Crippen LogP contribution is -2.45. The highest BCUT2D eigenvalue weighted by Gasteiger charge is 2.25. The number of carbonyl (C=O) groups is 1. The maximum Gasteiger partial charge on any atom is 0.254 e. The van der Waals surface area contributed by atoms with Crippen molar-refractivity contribution in [1.29, 1.82) is 0 Å². The van der Waals surface area contributed by atoms with Gasteiger partial charge in [-0.15, -0.1) is 0 Å². The molecule has 2 aromatic rings. The van der Waals surface area contributed by atoms with Crippen molar-refractivity contribution < 1.29 is 9.53 Å². The van der Waals surface area contributed by atoms with Crippen LogP contribution in [0.25, 0.3) is 0 Å². The van der Waals surface area contributed by atoms with Crippen LogP contribution in [0.4, 0.5) is 0 Å². The van der Waals surface area contributed by atoms with Gasteiger partial charge in [-0.1, -0.05) is 12.1 Å². The summed E-state index contributed by atoms with van der Waals surface area (Å²) < 4.78 is 5.84. The van der Waals surface area contributed by atoms with Crippen LogP contribution < -0.4 is 0 Å². The molecule has 1 fully saturated rings. The maximum atomic E-state index is 12.8. The molecular weight excluding hydrogens is 328 g/mol. The fraction of sp³-hybridized carbons (Fsp3) is 0.450. The first kappa shape index (κ1) is 18.5. The zero-order valence-electron chi connectivity index (χ0n) is 15.5. The largest absolute Gasteiger partial charge is 0.375 e. The Balaban J connectivity index is 1.55. The van der Waals surface area contributed by atoms with Crippen molar-refractivity contribution in [2.75, 3.05) is 33.8 Å². The molecule has 2 heterocycles. The SMILES string of the molecule is CN(C)Cc1ccc(C(=O)N2CCO[C@H](CCc3ccncn3)C2)cc1. The Hall–Kier alpha value is -2.31. The summed E-state index contributed by atoms with van der Waals surface area (Å²) in [5, 5.41) is 0. The Morgan fingerprint density at radius 3 is 2.77 bits per heavy atom. The van der Waals surface area contributed by atoms with Crippen LogP contribution in [0.1, 0.15) is 28.0 Å². The highest BCUT2D eigenvalue weighted by atomic mass is 16.5. The number of morpholine rings is 1. The number of aryl methyl sites for hydroxylation is 1. The first-order valence-corrected chi connectivity index (χ1v) is 9.01. The predicted octanol–water partition coefficient (Wildman–Crippen LogP) is 2.01. The lowest BCUT2D eigenvalue weighted by atomic mass is 10.1. The normalized spacial score (nSPS) is 17.5. The quantitative estimate of drug-likeness (QED) is 0.794. The van der Waals surface area contributed by atoms with Crippen LogP contribution in [0.3, 0.4) is 0 Å². The number of amides is 1. The molecule has 0 bridgehead atoms. The van der Waals surface area contributed by atoms with Crippen LogP contribution in [-0.2, 0) is 17.7 Å². The first-order valence-electron chi connectivity index (χ1n) is 9.01. The van der Waals surface area contributed by atoms with E-state index in [9.17, 15) is 4.79 Å². The molecule has 0 radical (unpaired) electrons. The van der Waals surface area contributed by atoms with Gasteiger partial charge in [0, 0.05) is 37.1 Å². The number of carbonyl (C=O) groups excluding carboxylic acids is 1. The number of benzene rings is 1. The molecule has 0 aliphatic carbocycles. The summed E-state index contributed by atoms with van der Waals surface area (Å²) in [7, 11) is 4.07. The van der Waals surface area contributed by atoms with Gasteiger partial charge in [0.2, 0.25) is 0 Å². The van der Waals surface area contributed by atoms with E-state index in [2.05, 4.69) is 14.9 Å². The fourth-order valence-corrected chi connectivity index (χ4v) is 3.15. The molecule has 0 saturated carbocycles. The van der Waals surface area contributed by atoms with Crippen molar-refractivity contribution in [2.24, 2.45) is 0 Å². The fourth-order valence-electron chi connectivity index (χ4n) is 3.15. The molecule has 1 atom stereocenters. The summed E-state index contributed by atoms with van der Waals surface area (Å²) >= 11 is 0. The molecule has 138 valence electrons. The molecule has 1 aliphatic rings. The lowest BCUT2D eigenvalue weighted by molar-refractivity contribution is -0.0246. The van der Waals surface area contributed by atoms with E-state index in [-0.39, 0.29) is 12.0 Å². The molecule has 1 aliphatic heterocycles. The zero-order valence-corrected chi connectivity index (χ0v) is 15.5. The van der Waals surface area contributed by atoms with E-state index < -0.39 is 0 Å². The van der Waals surface area contributed by atoms with Gasteiger partial charge in [0.05, 0.1) is 12.7 Å². The minimum absolute atomic E-state index is 0.0516. The molecule has 3 rings (SSSR count). The monoisotopic (exact) mass is 354 g/mol. The minimum Gasteiger partial charge on any atom is -0.375 e. The van der Waals surface area contributed by atoms with Crippen LogP contribution in [-0.4, -0.2) is 65.6 Å². The second-order valence-corrected chi connectivity index (χ2v) is 6.92. The molecule has 0 spiro atoms. The van der Waals surface area contributed by atoms with E-state index in [4.69, 9.17) is 4.74 Å². The highest BCUT2D eigenvalue weighted by molar-refractivity contribution is 5.94. The lowest BCUT2D eigenvalue weighted by Gasteiger charge is -2.33. The summed E-state index contributed by atoms with van der Waals surface area (Å²) in [6.07, 6.45) is 5.04. The Kier molecular flexibility index (Phi) is 6.30. The molecule has 26 heavy (non-hydrogen) atoms. The van der Waals surface area contributed by atoms with Crippen molar-refractivity contribution in [3.8, 4) is 0 Å². The van der Waals surface area contributed by atoms with Gasteiger partial charge in [-0.05, 0) is 50.7 Å². The van der Waals surface area contributed by atoms with Crippen molar-refractivity contribution in [2.45, 2.75) is 25.5 Å². The van der Waals surface area contributed by atoms with Crippen molar-refractivity contribution in [1.82, 2.24) is 19.8 Å². The van der Waals surface area contributed by atoms with E-state index in [0.717, 1.165) is 30.6 Å². The van der Waals surface area contributed by atoms with Crippen LogP contribution in [0, 0.1) is 0 Å². The van der Waals surface area contributed by atoms with Crippen LogP contribution in [0.15, 0.2) is 42.9 Å². The third kappa shape index (κ3) is 5.09. The summed E-state index contributed by atoms with van der Waals surface area (Å²) in [4.78, 5) is 25.0. The average Bonchev–Trinajstić information content (AvgIpc) is 2.67. The molecule has 0 unspecified atom stereocenters. The van der Waals surface area contributed by atoms with Gasteiger partial charge in [0.25, 0.3) is 5.91 Å². The number of rotatable bonds is 6. The average molecular weight is 354 g/mol. The molecule has 6 nitrogen and oxygen atoms in total. The minimum atomic E-state index is 0.0516. The third-order valence-corrected chi connectivity index (χ3v) is 4.49. The Morgan fingerprint density at radius 2 is 2.08 bits per heavy atom. The van der Waals surface area contributed by atoms with Crippen molar-refractivity contribution in [3.63, 3.8) is 0 Å². The van der Waals surface area contributed by atoms with E-state index in [0.29, 0.717) is 19.7 Å². The van der Waals surface area contributed by atoms with Crippen molar-refractivity contribution >= 4 is 5.91 Å². The van der Waals surface area contributed by atoms with E-state index >= 15 is 0 Å². The van der Waals surface area contributed by atoms with Gasteiger partial charge in [-0.2, -0.15) is 0 Å². The zero-order chi connectivity index (χ0) is 18.4. The molecule has 1 aromatic carbocycles. The molecular formula is C20H26N4O2. The molecule has 6 heteroatoms. The van der Waals surface area contributed by atoms with Crippen molar-refractivity contribution in [3.05, 3.63) is 59.7 Å². The summed E-state index contributed by atoms with van der Waals surface area (Å²) in [6, 6.07) is 9.82. The summed E-state index contributed by atoms with van der Waals surface area (Å²) in [5.41, 5.74) is 2.95. The van der Waals surface area contributed by atoms with Gasteiger partial charge in [-0.3, -0.25) is 4.79 Å². The smallest absolute Gasteiger partial charge is 0.254 e. The van der Waals surface area contributed by atoms with Gasteiger partial charge in [-0.25, -0.2) is 9.97 Å². The molecule has 1 aromatic heterocycles. The number of hydrogen-bond acceptors (Lipinski definition) is 5. The van der Waals surface area contributed by atoms with E-state index in [1.807, 2.05) is 49.3 Å². The number of aromatic nitrogens is 2. The van der Waals surface area contributed by atoms with Gasteiger partial charge in [0.1, 0.15) is 6.33 Å². The summed E-state index contributed by atoms with van der Waals surface area (Å²) in [6.45, 7) is 2.72. The second-order valence-electron chi connectivity index (χ2n) is 6.92. The van der Waals surface area contributed by atoms with Crippen LogP contribution in [0.5, 0.6) is 0 Å². The van der Waals surface area contributed by atoms with E-state index in [1.54, 1.807) is 12.5 Å². The molecule has 1 saturated heterocycles. The Bertz CT molecular complexity index is 704. The van der Waals surface area contributed by atoms with Gasteiger partial charge < -0.3 is 14.5 Å². The number of nitrogens with zero attached hydrogens (tertiary/aromatic N) is 4. The topological polar surface area (TPSA) is 58.6 Å². The predicted molar refractivity (Wildman–Crippen MR) is 99.8 cm³/mol. The molecule has 1 amide bonds. The first-order chi connectivity index (χ1) is 12.6. The second kappa shape index (κ2) is 8.87. The standard InChI is InChI=1S/C20H26N4O2/c1-23(2)13-16-3-5-17(6-4-16)20(25)24-11-12-26-19(14-24)8-7-18-9-10-21-15-22-18/h3-6,9-10,15,19H,7-8,11-14H2,1-2H3/t19-/m1/s1. The number of ether oxygens (including phenoxy) is 1. The Labute approximate surface area is 154 Å². The van der Waals surface area contributed by atoms with E-state index in [1.165, 1.54) is 5.56 Å². The van der Waals surface area contributed by atoms with Crippen LogP contribution in [0.2, 0.25) is 0 Å². The third-order valence-electron chi connectivity index (χ3n) is 4.49. The Morgan fingerprint density at radius 1 is 1.27 bits per heavy atom. The molecule has 0 N–H and O–H groups in total. The highest BCUT2D eigenvalue weighted by Crippen LogP contribution is 2.15. The summed E-state index contributed by atoms with van der Waals surface area (Å²) in [5.74, 6) is 0.0803. The number of hydrogen-bond donors (Lipinski definition) is 0. The van der Waals surface area contributed by atoms with Gasteiger partial charge >= 0.3 is 0 Å². The van der Waals surface area contributed by atoms with Gasteiger partial charge in [0.15, 0.2) is 0 Å². The van der Waals surface area contributed by atoms with Crippen LogP contribution >= 0.6 is 0 Å².